The molecule has 0 aliphatic carbocycles. The molecule has 3 rings (SSSR count). The van der Waals surface area contributed by atoms with E-state index in [9.17, 15) is 0 Å². The summed E-state index contributed by atoms with van der Waals surface area (Å²) in [5.41, 5.74) is 10.5. The zero-order valence-electron chi connectivity index (χ0n) is 9.48. The lowest BCUT2D eigenvalue weighted by Crippen LogP contribution is -1.94. The quantitative estimate of drug-likeness (QED) is 0.686. The first kappa shape index (κ1) is 10.1. The van der Waals surface area contributed by atoms with Crippen LogP contribution >= 0.6 is 0 Å². The van der Waals surface area contributed by atoms with Crippen LogP contribution in [0.25, 0.3) is 22.0 Å². The molecule has 2 nitrogen and oxygen atoms in total. The van der Waals surface area contributed by atoms with Crippen LogP contribution in [0, 0.1) is 0 Å². The summed E-state index contributed by atoms with van der Waals surface area (Å²) >= 11 is 0. The van der Waals surface area contributed by atoms with Gasteiger partial charge in [-0.1, -0.05) is 36.4 Å². The zero-order chi connectivity index (χ0) is 11.7. The molecule has 0 unspecified atom stereocenters. The van der Waals surface area contributed by atoms with E-state index in [0.717, 1.165) is 11.1 Å². The van der Waals surface area contributed by atoms with E-state index in [2.05, 4.69) is 47.4 Å². The van der Waals surface area contributed by atoms with Gasteiger partial charge in [0.1, 0.15) is 0 Å². The maximum absolute atomic E-state index is 5.73. The summed E-state index contributed by atoms with van der Waals surface area (Å²) in [6.45, 7) is 0.568. The summed E-state index contributed by atoms with van der Waals surface area (Å²) in [4.78, 5) is 3.24. The Morgan fingerprint density at radius 3 is 2.53 bits per heavy atom. The van der Waals surface area contributed by atoms with Crippen LogP contribution in [0.2, 0.25) is 0 Å². The van der Waals surface area contributed by atoms with Crippen molar-refractivity contribution in [2.75, 3.05) is 0 Å². The third-order valence-electron chi connectivity index (χ3n) is 3.09. The monoisotopic (exact) mass is 222 g/mol. The Morgan fingerprint density at radius 1 is 0.941 bits per heavy atom. The highest BCUT2D eigenvalue weighted by Crippen LogP contribution is 2.25. The lowest BCUT2D eigenvalue weighted by atomic mass is 10.0. The third-order valence-corrected chi connectivity index (χ3v) is 3.09. The molecule has 3 aromatic rings. The van der Waals surface area contributed by atoms with E-state index in [4.69, 9.17) is 5.73 Å². The second-order valence-electron chi connectivity index (χ2n) is 4.14. The van der Waals surface area contributed by atoms with Gasteiger partial charge in [0.05, 0.1) is 0 Å². The number of hydrogen-bond donors (Lipinski definition) is 2. The van der Waals surface area contributed by atoms with Gasteiger partial charge in [-0.25, -0.2) is 0 Å². The molecule has 17 heavy (non-hydrogen) atoms. The average molecular weight is 222 g/mol. The van der Waals surface area contributed by atoms with Crippen LogP contribution in [-0.4, -0.2) is 4.98 Å². The minimum atomic E-state index is 0.568. The Balaban J connectivity index is 2.19. The first-order chi connectivity index (χ1) is 8.38. The highest BCUT2D eigenvalue weighted by Gasteiger charge is 2.04. The molecule has 3 N–H and O–H groups in total. The van der Waals surface area contributed by atoms with Gasteiger partial charge in [0.25, 0.3) is 0 Å². The average Bonchev–Trinajstić information content (AvgIpc) is 2.81. The van der Waals surface area contributed by atoms with Gasteiger partial charge in [-0.15, -0.1) is 0 Å². The molecule has 84 valence electrons. The maximum atomic E-state index is 5.73. The summed E-state index contributed by atoms with van der Waals surface area (Å²) in [5.74, 6) is 0. The molecular formula is C15H14N2. The Morgan fingerprint density at radius 2 is 1.76 bits per heavy atom. The Bertz CT molecular complexity index is 638. The molecule has 0 saturated carbocycles. The number of aromatic nitrogens is 1. The SMILES string of the molecule is NCc1c[nH]c2ccc(-c3ccccc3)cc12. The molecule has 0 amide bonds. The number of rotatable bonds is 2. The zero-order valence-corrected chi connectivity index (χ0v) is 9.48. The van der Waals surface area contributed by atoms with Crippen molar-refractivity contribution in [3.8, 4) is 11.1 Å². The normalized spacial score (nSPS) is 10.9. The predicted molar refractivity (Wildman–Crippen MR) is 71.6 cm³/mol. The molecule has 0 fully saturated rings. The molecule has 0 spiro atoms. The lowest BCUT2D eigenvalue weighted by molar-refractivity contribution is 1.08. The smallest absolute Gasteiger partial charge is 0.0457 e. The molecule has 1 heterocycles. The van der Waals surface area contributed by atoms with Crippen LogP contribution in [0.15, 0.2) is 54.7 Å². The van der Waals surface area contributed by atoms with Gasteiger partial charge in [0, 0.05) is 23.6 Å². The van der Waals surface area contributed by atoms with E-state index in [1.165, 1.54) is 16.5 Å². The summed E-state index contributed by atoms with van der Waals surface area (Å²) in [6.07, 6.45) is 1.99. The van der Waals surface area contributed by atoms with Gasteiger partial charge >= 0.3 is 0 Å². The molecule has 0 aliphatic heterocycles. The topological polar surface area (TPSA) is 41.8 Å². The highest BCUT2D eigenvalue weighted by atomic mass is 14.7. The predicted octanol–water partition coefficient (Wildman–Crippen LogP) is 3.29. The Labute approximate surface area is 100 Å². The number of aromatic amines is 1. The fraction of sp³-hybridized carbons (Fsp3) is 0.0667. The number of nitrogens with one attached hydrogen (secondary N) is 1. The number of nitrogens with two attached hydrogens (primary N) is 1. The molecule has 2 heteroatoms. The van der Waals surface area contributed by atoms with Crippen LogP contribution < -0.4 is 5.73 Å². The van der Waals surface area contributed by atoms with Crippen molar-refractivity contribution in [1.82, 2.24) is 4.98 Å². The summed E-state index contributed by atoms with van der Waals surface area (Å²) < 4.78 is 0. The number of H-pyrrole nitrogens is 1. The minimum absolute atomic E-state index is 0.568. The van der Waals surface area contributed by atoms with Gasteiger partial charge in [0.2, 0.25) is 0 Å². The van der Waals surface area contributed by atoms with Crippen molar-refractivity contribution in [1.29, 1.82) is 0 Å². The molecule has 0 aliphatic rings. The maximum Gasteiger partial charge on any atom is 0.0457 e. The van der Waals surface area contributed by atoms with Gasteiger partial charge in [-0.05, 0) is 28.8 Å². The van der Waals surface area contributed by atoms with E-state index < -0.39 is 0 Å². The van der Waals surface area contributed by atoms with Gasteiger partial charge in [-0.3, -0.25) is 0 Å². The van der Waals surface area contributed by atoms with Gasteiger partial charge in [0.15, 0.2) is 0 Å². The molecule has 0 saturated heterocycles. The first-order valence-electron chi connectivity index (χ1n) is 5.74. The van der Waals surface area contributed by atoms with Crippen molar-refractivity contribution in [2.45, 2.75) is 6.54 Å². The van der Waals surface area contributed by atoms with Gasteiger partial charge in [-0.2, -0.15) is 0 Å². The molecule has 1 aromatic heterocycles. The second kappa shape index (κ2) is 4.07. The summed E-state index contributed by atoms with van der Waals surface area (Å²) in [7, 11) is 0. The van der Waals surface area contributed by atoms with Crippen molar-refractivity contribution < 1.29 is 0 Å². The van der Waals surface area contributed by atoms with Crippen LogP contribution in [0.4, 0.5) is 0 Å². The minimum Gasteiger partial charge on any atom is -0.361 e. The fourth-order valence-electron chi connectivity index (χ4n) is 2.16. The molecule has 0 bridgehead atoms. The summed E-state index contributed by atoms with van der Waals surface area (Å²) in [5, 5.41) is 1.22. The van der Waals surface area contributed by atoms with E-state index in [-0.39, 0.29) is 0 Å². The fourth-order valence-corrected chi connectivity index (χ4v) is 2.16. The van der Waals surface area contributed by atoms with Crippen LogP contribution in [0.5, 0.6) is 0 Å². The van der Waals surface area contributed by atoms with E-state index >= 15 is 0 Å². The van der Waals surface area contributed by atoms with E-state index in [1.807, 2.05) is 12.3 Å². The van der Waals surface area contributed by atoms with E-state index in [1.54, 1.807) is 0 Å². The number of benzene rings is 2. The van der Waals surface area contributed by atoms with Crippen LogP contribution in [0.1, 0.15) is 5.56 Å². The molecular weight excluding hydrogens is 208 g/mol. The van der Waals surface area contributed by atoms with Crippen LogP contribution in [-0.2, 0) is 6.54 Å². The second-order valence-corrected chi connectivity index (χ2v) is 4.14. The van der Waals surface area contributed by atoms with Crippen molar-refractivity contribution in [3.63, 3.8) is 0 Å². The third kappa shape index (κ3) is 1.73. The largest absolute Gasteiger partial charge is 0.361 e. The molecule has 2 aromatic carbocycles. The van der Waals surface area contributed by atoms with Crippen molar-refractivity contribution in [3.05, 3.63) is 60.3 Å². The number of hydrogen-bond acceptors (Lipinski definition) is 1. The van der Waals surface area contributed by atoms with Crippen molar-refractivity contribution in [2.24, 2.45) is 5.73 Å². The van der Waals surface area contributed by atoms with Crippen LogP contribution in [0.3, 0.4) is 0 Å². The van der Waals surface area contributed by atoms with E-state index in [0.29, 0.717) is 6.54 Å². The Kier molecular flexibility index (Phi) is 2.42. The molecule has 0 atom stereocenters. The van der Waals surface area contributed by atoms with Gasteiger partial charge < -0.3 is 10.7 Å². The first-order valence-corrected chi connectivity index (χ1v) is 5.74. The Hall–Kier alpha value is -2.06. The number of fused-ring (bicyclic) bond motifs is 1. The standard InChI is InChI=1S/C15H14N2/c16-9-13-10-17-15-7-6-12(8-14(13)15)11-4-2-1-3-5-11/h1-8,10,17H,9,16H2. The summed E-state index contributed by atoms with van der Waals surface area (Å²) in [6, 6.07) is 16.8. The highest BCUT2D eigenvalue weighted by molar-refractivity contribution is 5.87. The molecule has 0 radical (unpaired) electrons. The van der Waals surface area contributed by atoms with Crippen molar-refractivity contribution >= 4 is 10.9 Å². The lowest BCUT2D eigenvalue weighted by Gasteiger charge is -2.02.